The molecule has 9 heteroatoms. The number of nitrogens with one attached hydrogen (secondary N) is 7. The van der Waals surface area contributed by atoms with Crippen molar-refractivity contribution >= 4 is 55.4 Å². The van der Waals surface area contributed by atoms with E-state index >= 15 is 0 Å². The molecule has 7 aromatic rings. The third kappa shape index (κ3) is 5.55. The number of fused-ring (bicyclic) bond motifs is 5. The van der Waals surface area contributed by atoms with E-state index in [0.717, 1.165) is 79.0 Å². The maximum atomic E-state index is 12.5. The molecule has 0 spiro atoms. The van der Waals surface area contributed by atoms with E-state index in [4.69, 9.17) is 0 Å². The van der Waals surface area contributed by atoms with Gasteiger partial charge in [-0.3, -0.25) is 9.59 Å². The standard InChI is InChI=1S/C36H35N7O2/c1-37-11-13-39-35(44)33-19-25-5-3-21(15-29(25)41-33)23-7-9-27-28-10-8-24(18-32(28)43-31(27)17-23)22-4-6-26-20-34(42-30(26)16-22)36(45)40-14-12-38-2/h3-10,15-20,37-38,41-43H,11-14H2,1-2H3,(H,39,44)(H,40,45). The molecule has 7 rings (SSSR count). The second kappa shape index (κ2) is 12.0. The van der Waals surface area contributed by atoms with Gasteiger partial charge in [-0.1, -0.05) is 48.5 Å². The van der Waals surface area contributed by atoms with Crippen LogP contribution < -0.4 is 21.3 Å². The Morgan fingerprint density at radius 1 is 0.489 bits per heavy atom. The molecule has 0 unspecified atom stereocenters. The summed E-state index contributed by atoms with van der Waals surface area (Å²) < 4.78 is 0. The lowest BCUT2D eigenvalue weighted by atomic mass is 10.0. The van der Waals surface area contributed by atoms with Gasteiger partial charge in [0.2, 0.25) is 0 Å². The molecule has 7 N–H and O–H groups in total. The van der Waals surface area contributed by atoms with Gasteiger partial charge in [-0.25, -0.2) is 0 Å². The van der Waals surface area contributed by atoms with E-state index in [2.05, 4.69) is 96.9 Å². The molecule has 0 saturated carbocycles. The monoisotopic (exact) mass is 597 g/mol. The number of carbonyl (C=O) groups excluding carboxylic acids is 2. The summed E-state index contributed by atoms with van der Waals surface area (Å²) in [7, 11) is 3.72. The van der Waals surface area contributed by atoms with Gasteiger partial charge in [-0.15, -0.1) is 0 Å². The average Bonchev–Trinajstić information content (AvgIpc) is 3.78. The molecular weight excluding hydrogens is 562 g/mol. The quantitative estimate of drug-likeness (QED) is 0.105. The minimum Gasteiger partial charge on any atom is -0.354 e. The molecule has 3 aromatic heterocycles. The van der Waals surface area contributed by atoms with Crippen LogP contribution in [0.2, 0.25) is 0 Å². The van der Waals surface area contributed by atoms with Crippen molar-refractivity contribution in [3.8, 4) is 22.3 Å². The largest absolute Gasteiger partial charge is 0.354 e. The molecule has 2 amide bonds. The van der Waals surface area contributed by atoms with Gasteiger partial charge in [0.25, 0.3) is 11.8 Å². The Balaban J connectivity index is 1.15. The Bertz CT molecular complexity index is 2050. The maximum Gasteiger partial charge on any atom is 0.267 e. The lowest BCUT2D eigenvalue weighted by molar-refractivity contribution is 0.0942. The molecule has 0 radical (unpaired) electrons. The molecule has 45 heavy (non-hydrogen) atoms. The predicted octanol–water partition coefficient (Wildman–Crippen LogP) is 5.52. The molecule has 0 aliphatic carbocycles. The van der Waals surface area contributed by atoms with Crippen molar-refractivity contribution in [3.63, 3.8) is 0 Å². The second-order valence-corrected chi connectivity index (χ2v) is 11.3. The van der Waals surface area contributed by atoms with Crippen LogP contribution in [0, 0.1) is 0 Å². The molecule has 0 fully saturated rings. The minimum absolute atomic E-state index is 0.109. The first-order valence-corrected chi connectivity index (χ1v) is 15.2. The fraction of sp³-hybridized carbons (Fsp3) is 0.167. The highest BCUT2D eigenvalue weighted by molar-refractivity contribution is 6.09. The third-order valence-corrected chi connectivity index (χ3v) is 8.32. The summed E-state index contributed by atoms with van der Waals surface area (Å²) in [5, 5.41) is 16.2. The Kier molecular flexibility index (Phi) is 7.54. The van der Waals surface area contributed by atoms with Gasteiger partial charge in [-0.2, -0.15) is 0 Å². The van der Waals surface area contributed by atoms with E-state index in [-0.39, 0.29) is 11.8 Å². The summed E-state index contributed by atoms with van der Waals surface area (Å²) in [5.74, 6) is -0.217. The van der Waals surface area contributed by atoms with E-state index < -0.39 is 0 Å². The van der Waals surface area contributed by atoms with Crippen LogP contribution in [0.1, 0.15) is 21.0 Å². The first kappa shape index (κ1) is 28.4. The topological polar surface area (TPSA) is 130 Å². The highest BCUT2D eigenvalue weighted by atomic mass is 16.2. The predicted molar refractivity (Wildman–Crippen MR) is 183 cm³/mol. The van der Waals surface area contributed by atoms with Crippen LogP contribution in [0.15, 0.2) is 84.9 Å². The van der Waals surface area contributed by atoms with E-state index in [1.165, 1.54) is 0 Å². The van der Waals surface area contributed by atoms with E-state index in [9.17, 15) is 9.59 Å². The Hall–Kier alpha value is -5.38. The number of benzene rings is 4. The summed E-state index contributed by atoms with van der Waals surface area (Å²) in [6, 6.07) is 29.2. The van der Waals surface area contributed by atoms with E-state index in [1.54, 1.807) is 0 Å². The van der Waals surface area contributed by atoms with Crippen molar-refractivity contribution < 1.29 is 9.59 Å². The number of hydrogen-bond acceptors (Lipinski definition) is 4. The number of aromatic amines is 3. The van der Waals surface area contributed by atoms with Crippen LogP contribution in [0.5, 0.6) is 0 Å². The normalized spacial score (nSPS) is 11.6. The summed E-state index contributed by atoms with van der Waals surface area (Å²) in [6.07, 6.45) is 0. The number of rotatable bonds is 10. The third-order valence-electron chi connectivity index (χ3n) is 8.32. The van der Waals surface area contributed by atoms with Crippen molar-refractivity contribution in [2.45, 2.75) is 0 Å². The molecule has 9 nitrogen and oxygen atoms in total. The lowest BCUT2D eigenvalue weighted by Gasteiger charge is -2.03. The molecule has 3 heterocycles. The van der Waals surface area contributed by atoms with Gasteiger partial charge in [0.05, 0.1) is 0 Å². The van der Waals surface area contributed by atoms with Gasteiger partial charge < -0.3 is 36.2 Å². The zero-order chi connectivity index (χ0) is 30.9. The number of carbonyl (C=O) groups is 2. The van der Waals surface area contributed by atoms with Crippen molar-refractivity contribution in [1.29, 1.82) is 0 Å². The van der Waals surface area contributed by atoms with Gasteiger partial charge in [0.15, 0.2) is 0 Å². The van der Waals surface area contributed by atoms with Crippen LogP contribution in [0.3, 0.4) is 0 Å². The SMILES string of the molecule is CNCCNC(=O)c1cc2ccc(-c3ccc4c(c3)[nH]c3cc(-c5ccc6cc(C(=O)NCCNC)[nH]c6c5)ccc34)cc2[nH]1. The van der Waals surface area contributed by atoms with Crippen LogP contribution in [0.25, 0.3) is 65.9 Å². The van der Waals surface area contributed by atoms with Gasteiger partial charge in [0.1, 0.15) is 11.4 Å². The number of likely N-dealkylation sites (N-methyl/N-ethyl adjacent to an activating group) is 2. The zero-order valence-electron chi connectivity index (χ0n) is 25.2. The van der Waals surface area contributed by atoms with Crippen LogP contribution >= 0.6 is 0 Å². The second-order valence-electron chi connectivity index (χ2n) is 11.3. The first-order valence-electron chi connectivity index (χ1n) is 15.2. The molecule has 0 aliphatic rings. The van der Waals surface area contributed by atoms with Gasteiger partial charge in [-0.05, 0) is 72.7 Å². The number of H-pyrrole nitrogens is 3. The van der Waals surface area contributed by atoms with Gasteiger partial charge in [0, 0.05) is 69.8 Å². The molecular formula is C36H35N7O2. The number of aromatic nitrogens is 3. The fourth-order valence-electron chi connectivity index (χ4n) is 5.92. The Labute approximate surface area is 259 Å². The Morgan fingerprint density at radius 3 is 1.31 bits per heavy atom. The highest BCUT2D eigenvalue weighted by Gasteiger charge is 2.13. The molecule has 0 aliphatic heterocycles. The van der Waals surface area contributed by atoms with Crippen LogP contribution in [-0.2, 0) is 0 Å². The summed E-state index contributed by atoms with van der Waals surface area (Å²) in [6.45, 7) is 2.58. The molecule has 0 atom stereocenters. The van der Waals surface area contributed by atoms with Crippen molar-refractivity contribution in [2.75, 3.05) is 40.3 Å². The number of amides is 2. The Morgan fingerprint density at radius 2 is 0.889 bits per heavy atom. The number of hydrogen-bond donors (Lipinski definition) is 7. The summed E-state index contributed by atoms with van der Waals surface area (Å²) >= 11 is 0. The smallest absolute Gasteiger partial charge is 0.267 e. The van der Waals surface area contributed by atoms with E-state index in [1.807, 2.05) is 38.4 Å². The van der Waals surface area contributed by atoms with Crippen molar-refractivity contribution in [1.82, 2.24) is 36.2 Å². The van der Waals surface area contributed by atoms with Crippen LogP contribution in [0.4, 0.5) is 0 Å². The molecule has 0 bridgehead atoms. The first-order chi connectivity index (χ1) is 22.0. The van der Waals surface area contributed by atoms with Gasteiger partial charge >= 0.3 is 0 Å². The van der Waals surface area contributed by atoms with E-state index in [0.29, 0.717) is 24.5 Å². The zero-order valence-corrected chi connectivity index (χ0v) is 25.2. The summed E-state index contributed by atoms with van der Waals surface area (Å²) in [5.41, 5.74) is 9.41. The lowest BCUT2D eigenvalue weighted by Crippen LogP contribution is -2.30. The molecule has 0 saturated heterocycles. The fourth-order valence-corrected chi connectivity index (χ4v) is 5.92. The van der Waals surface area contributed by atoms with Crippen molar-refractivity contribution in [3.05, 3.63) is 96.3 Å². The highest BCUT2D eigenvalue weighted by Crippen LogP contribution is 2.34. The van der Waals surface area contributed by atoms with Crippen molar-refractivity contribution in [2.24, 2.45) is 0 Å². The summed E-state index contributed by atoms with van der Waals surface area (Å²) in [4.78, 5) is 35.2. The average molecular weight is 598 g/mol. The maximum absolute atomic E-state index is 12.5. The molecule has 4 aromatic carbocycles. The molecule has 226 valence electrons. The minimum atomic E-state index is -0.109. The van der Waals surface area contributed by atoms with Crippen LogP contribution in [-0.4, -0.2) is 67.0 Å².